The van der Waals surface area contributed by atoms with Crippen LogP contribution in [0.2, 0.25) is 0 Å². The second-order valence-corrected chi connectivity index (χ2v) is 3.54. The maximum Gasteiger partial charge on any atom is 0.289 e. The van der Waals surface area contributed by atoms with Gasteiger partial charge in [-0.25, -0.2) is 0 Å². The van der Waals surface area contributed by atoms with E-state index in [0.29, 0.717) is 5.92 Å². The van der Waals surface area contributed by atoms with Gasteiger partial charge < -0.3 is 4.90 Å². The lowest BCUT2D eigenvalue weighted by molar-refractivity contribution is -0.143. The van der Waals surface area contributed by atoms with Gasteiger partial charge in [0.25, 0.3) is 5.91 Å². The van der Waals surface area contributed by atoms with Crippen molar-refractivity contribution in [1.29, 1.82) is 0 Å². The summed E-state index contributed by atoms with van der Waals surface area (Å²) < 4.78 is 0. The summed E-state index contributed by atoms with van der Waals surface area (Å²) in [6, 6.07) is 0. The van der Waals surface area contributed by atoms with Crippen LogP contribution in [0.15, 0.2) is 0 Å². The van der Waals surface area contributed by atoms with Crippen LogP contribution < -0.4 is 0 Å². The Bertz CT molecular complexity index is 197. The van der Waals surface area contributed by atoms with Crippen LogP contribution in [0.4, 0.5) is 0 Å². The molecule has 1 saturated carbocycles. The number of Topliss-reactive ketones (excluding diaryl/α,β-unsaturated/α-hetero) is 1. The Morgan fingerprint density at radius 2 is 2.00 bits per heavy atom. The monoisotopic (exact) mass is 169 g/mol. The first-order chi connectivity index (χ1) is 5.61. The average Bonchev–Trinajstić information content (AvgIpc) is 1.94. The van der Waals surface area contributed by atoms with Crippen LogP contribution in [0.5, 0.6) is 0 Å². The number of hydrogen-bond acceptors (Lipinski definition) is 2. The van der Waals surface area contributed by atoms with E-state index in [4.69, 9.17) is 0 Å². The largest absolute Gasteiger partial charge is 0.339 e. The van der Waals surface area contributed by atoms with Gasteiger partial charge in [0, 0.05) is 20.5 Å². The molecule has 3 heteroatoms. The molecule has 12 heavy (non-hydrogen) atoms. The Labute approximate surface area is 72.7 Å². The lowest BCUT2D eigenvalue weighted by Crippen LogP contribution is -2.37. The van der Waals surface area contributed by atoms with Crippen LogP contribution in [0.1, 0.15) is 26.2 Å². The molecule has 0 saturated heterocycles. The summed E-state index contributed by atoms with van der Waals surface area (Å²) in [7, 11) is 1.70. The number of nitrogens with zero attached hydrogens (tertiary/aromatic N) is 1. The third-order valence-electron chi connectivity index (χ3n) is 2.40. The predicted octanol–water partition coefficient (Wildman–Crippen LogP) is 0.834. The maximum absolute atomic E-state index is 11.1. The molecule has 0 heterocycles. The van der Waals surface area contributed by atoms with Crippen molar-refractivity contribution in [3.8, 4) is 0 Å². The molecule has 1 aliphatic carbocycles. The summed E-state index contributed by atoms with van der Waals surface area (Å²) in [6.45, 7) is 2.07. The first-order valence-corrected chi connectivity index (χ1v) is 4.37. The molecule has 0 unspecified atom stereocenters. The Kier molecular flexibility index (Phi) is 2.84. The van der Waals surface area contributed by atoms with E-state index in [9.17, 15) is 9.59 Å². The summed E-state index contributed by atoms with van der Waals surface area (Å²) in [5.41, 5.74) is 0. The van der Waals surface area contributed by atoms with Crippen molar-refractivity contribution in [3.05, 3.63) is 0 Å². The minimum absolute atomic E-state index is 0.359. The molecule has 3 nitrogen and oxygen atoms in total. The quantitative estimate of drug-likeness (QED) is 0.587. The number of rotatable bonds is 3. The molecule has 0 atom stereocenters. The van der Waals surface area contributed by atoms with Gasteiger partial charge in [-0.15, -0.1) is 0 Å². The van der Waals surface area contributed by atoms with E-state index in [2.05, 4.69) is 0 Å². The van der Waals surface area contributed by atoms with Gasteiger partial charge in [-0.05, 0) is 18.8 Å². The van der Waals surface area contributed by atoms with Gasteiger partial charge in [0.2, 0.25) is 5.78 Å². The first-order valence-electron chi connectivity index (χ1n) is 4.37. The molecular weight excluding hydrogens is 154 g/mol. The van der Waals surface area contributed by atoms with Crippen LogP contribution in [0, 0.1) is 5.92 Å². The van der Waals surface area contributed by atoms with Crippen molar-refractivity contribution in [2.24, 2.45) is 5.92 Å². The fourth-order valence-corrected chi connectivity index (χ4v) is 1.41. The predicted molar refractivity (Wildman–Crippen MR) is 45.7 cm³/mol. The topological polar surface area (TPSA) is 37.4 Å². The van der Waals surface area contributed by atoms with Gasteiger partial charge >= 0.3 is 0 Å². The molecule has 1 rings (SSSR count). The van der Waals surface area contributed by atoms with E-state index < -0.39 is 0 Å². The second-order valence-electron chi connectivity index (χ2n) is 3.54. The number of hydrogen-bond donors (Lipinski definition) is 0. The summed E-state index contributed by atoms with van der Waals surface area (Å²) >= 11 is 0. The number of likely N-dealkylation sites (N-methyl/N-ethyl adjacent to an activating group) is 1. The highest BCUT2D eigenvalue weighted by Crippen LogP contribution is 2.26. The zero-order valence-electron chi connectivity index (χ0n) is 7.67. The normalized spacial score (nSPS) is 16.8. The molecule has 0 radical (unpaired) electrons. The maximum atomic E-state index is 11.1. The van der Waals surface area contributed by atoms with Crippen molar-refractivity contribution in [2.75, 3.05) is 13.6 Å². The Morgan fingerprint density at radius 3 is 2.33 bits per heavy atom. The number of carbonyl (C=O) groups excluding carboxylic acids is 2. The molecular formula is C9H15NO2. The van der Waals surface area contributed by atoms with Gasteiger partial charge in [0.05, 0.1) is 0 Å². The molecule has 1 aliphatic rings. The molecule has 0 aromatic rings. The van der Waals surface area contributed by atoms with Crippen molar-refractivity contribution in [2.45, 2.75) is 26.2 Å². The molecule has 0 N–H and O–H groups in total. The third kappa shape index (κ3) is 2.06. The fraction of sp³-hybridized carbons (Fsp3) is 0.778. The third-order valence-corrected chi connectivity index (χ3v) is 2.40. The van der Waals surface area contributed by atoms with Crippen molar-refractivity contribution < 1.29 is 9.59 Å². The van der Waals surface area contributed by atoms with Crippen LogP contribution in [0.25, 0.3) is 0 Å². The minimum Gasteiger partial charge on any atom is -0.339 e. The van der Waals surface area contributed by atoms with Gasteiger partial charge in [-0.2, -0.15) is 0 Å². The van der Waals surface area contributed by atoms with Gasteiger partial charge in [0.15, 0.2) is 0 Å². The average molecular weight is 169 g/mol. The van der Waals surface area contributed by atoms with E-state index in [1.807, 2.05) is 0 Å². The lowest BCUT2D eigenvalue weighted by Gasteiger charge is -2.29. The summed E-state index contributed by atoms with van der Waals surface area (Å²) in [6.07, 6.45) is 3.68. The second kappa shape index (κ2) is 3.70. The number of carbonyl (C=O) groups is 2. The van der Waals surface area contributed by atoms with E-state index in [-0.39, 0.29) is 11.7 Å². The van der Waals surface area contributed by atoms with Crippen molar-refractivity contribution in [3.63, 3.8) is 0 Å². The summed E-state index contributed by atoms with van der Waals surface area (Å²) in [4.78, 5) is 23.3. The first kappa shape index (κ1) is 9.23. The Balaban J connectivity index is 2.31. The van der Waals surface area contributed by atoms with Crippen LogP contribution in [-0.2, 0) is 9.59 Å². The highest BCUT2D eigenvalue weighted by molar-refractivity contribution is 6.34. The van der Waals surface area contributed by atoms with E-state index in [1.54, 1.807) is 7.05 Å². The Morgan fingerprint density at radius 1 is 1.42 bits per heavy atom. The molecule has 0 aromatic heterocycles. The van der Waals surface area contributed by atoms with Crippen molar-refractivity contribution in [1.82, 2.24) is 4.90 Å². The standard InChI is InChI=1S/C9H15NO2/c1-7(11)9(12)10(2)6-8-4-3-5-8/h8H,3-6H2,1-2H3. The van der Waals surface area contributed by atoms with Gasteiger partial charge in [-0.3, -0.25) is 9.59 Å². The number of ketones is 1. The summed E-state index contributed by atoms with van der Waals surface area (Å²) in [5, 5.41) is 0. The zero-order valence-corrected chi connectivity index (χ0v) is 7.67. The van der Waals surface area contributed by atoms with Crippen molar-refractivity contribution >= 4 is 11.7 Å². The van der Waals surface area contributed by atoms with E-state index >= 15 is 0 Å². The van der Waals surface area contributed by atoms with E-state index in [1.165, 1.54) is 31.1 Å². The highest BCUT2D eigenvalue weighted by atomic mass is 16.2. The minimum atomic E-state index is -0.364. The molecule has 0 aromatic carbocycles. The Hall–Kier alpha value is -0.860. The smallest absolute Gasteiger partial charge is 0.289 e. The van der Waals surface area contributed by atoms with Gasteiger partial charge in [0.1, 0.15) is 0 Å². The number of amides is 1. The molecule has 68 valence electrons. The zero-order chi connectivity index (χ0) is 9.14. The molecule has 0 aliphatic heterocycles. The summed E-state index contributed by atoms with van der Waals surface area (Å²) in [5.74, 6) is -0.0861. The van der Waals surface area contributed by atoms with E-state index in [0.717, 1.165) is 6.54 Å². The fourth-order valence-electron chi connectivity index (χ4n) is 1.41. The molecule has 1 fully saturated rings. The van der Waals surface area contributed by atoms with Crippen LogP contribution >= 0.6 is 0 Å². The highest BCUT2D eigenvalue weighted by Gasteiger charge is 2.22. The molecule has 1 amide bonds. The van der Waals surface area contributed by atoms with Crippen LogP contribution in [0.3, 0.4) is 0 Å². The SMILES string of the molecule is CC(=O)C(=O)N(C)CC1CCC1. The molecule has 0 spiro atoms. The van der Waals surface area contributed by atoms with Gasteiger partial charge in [-0.1, -0.05) is 6.42 Å². The van der Waals surface area contributed by atoms with Crippen LogP contribution in [-0.4, -0.2) is 30.2 Å². The lowest BCUT2D eigenvalue weighted by atomic mass is 9.85. The molecule has 0 bridgehead atoms.